The number of benzene rings is 3. The standard InChI is InChI=1S/C21H18INOS/c1-15-13-16(14-25-17-7-3-2-4-8-17)11-12-20(15)23-21(24)18-9-5-6-10-19(18)22/h2-13H,14H2,1H3,(H,23,24). The van der Waals surface area contributed by atoms with Crippen LogP contribution in [0.4, 0.5) is 5.69 Å². The Labute approximate surface area is 166 Å². The highest BCUT2D eigenvalue weighted by Crippen LogP contribution is 2.25. The molecule has 0 unspecified atom stereocenters. The van der Waals surface area contributed by atoms with Crippen molar-refractivity contribution >= 4 is 45.9 Å². The lowest BCUT2D eigenvalue weighted by molar-refractivity contribution is 0.102. The Kier molecular flexibility index (Phi) is 6.15. The van der Waals surface area contributed by atoms with Crippen molar-refractivity contribution in [3.63, 3.8) is 0 Å². The Hall–Kier alpha value is -1.79. The van der Waals surface area contributed by atoms with Gasteiger partial charge >= 0.3 is 0 Å². The Morgan fingerprint density at radius 3 is 2.44 bits per heavy atom. The number of hydrogen-bond acceptors (Lipinski definition) is 2. The Morgan fingerprint density at radius 2 is 1.72 bits per heavy atom. The Morgan fingerprint density at radius 1 is 1.00 bits per heavy atom. The third-order valence-corrected chi connectivity index (χ3v) is 5.83. The van der Waals surface area contributed by atoms with Gasteiger partial charge in [0.2, 0.25) is 0 Å². The molecule has 2 nitrogen and oxygen atoms in total. The molecule has 1 N–H and O–H groups in total. The molecule has 0 spiro atoms. The van der Waals surface area contributed by atoms with Gasteiger partial charge in [0.15, 0.2) is 0 Å². The second-order valence-electron chi connectivity index (χ2n) is 5.68. The van der Waals surface area contributed by atoms with Crippen molar-refractivity contribution in [2.45, 2.75) is 17.6 Å². The van der Waals surface area contributed by atoms with Crippen LogP contribution in [0.25, 0.3) is 0 Å². The van der Waals surface area contributed by atoms with E-state index in [0.717, 1.165) is 20.6 Å². The average molecular weight is 459 g/mol. The molecule has 0 aliphatic heterocycles. The first-order chi connectivity index (χ1) is 12.1. The Balaban J connectivity index is 1.68. The van der Waals surface area contributed by atoms with Gasteiger partial charge in [0.05, 0.1) is 5.56 Å². The van der Waals surface area contributed by atoms with E-state index in [2.05, 4.69) is 64.3 Å². The van der Waals surface area contributed by atoms with Crippen LogP contribution >= 0.6 is 34.4 Å². The molecule has 0 bridgehead atoms. The first-order valence-corrected chi connectivity index (χ1v) is 10.0. The van der Waals surface area contributed by atoms with Gasteiger partial charge in [0, 0.05) is 19.9 Å². The van der Waals surface area contributed by atoms with Gasteiger partial charge in [-0.25, -0.2) is 0 Å². The van der Waals surface area contributed by atoms with Crippen molar-refractivity contribution in [2.75, 3.05) is 5.32 Å². The molecule has 0 aliphatic carbocycles. The van der Waals surface area contributed by atoms with E-state index in [1.807, 2.05) is 55.1 Å². The number of anilines is 1. The molecular weight excluding hydrogens is 441 g/mol. The molecule has 0 aliphatic rings. The fourth-order valence-electron chi connectivity index (χ4n) is 2.47. The van der Waals surface area contributed by atoms with Crippen LogP contribution in [0.5, 0.6) is 0 Å². The summed E-state index contributed by atoms with van der Waals surface area (Å²) in [6, 6.07) is 24.2. The predicted molar refractivity (Wildman–Crippen MR) is 114 cm³/mol. The lowest BCUT2D eigenvalue weighted by Gasteiger charge is -2.11. The Bertz CT molecular complexity index is 880. The van der Waals surface area contributed by atoms with E-state index in [-0.39, 0.29) is 5.91 Å². The smallest absolute Gasteiger partial charge is 0.256 e. The number of halogens is 1. The van der Waals surface area contributed by atoms with Crippen LogP contribution in [0, 0.1) is 10.5 Å². The third kappa shape index (κ3) is 4.86. The van der Waals surface area contributed by atoms with Crippen LogP contribution in [-0.2, 0) is 5.75 Å². The molecular formula is C21H18INOS. The summed E-state index contributed by atoms with van der Waals surface area (Å²) < 4.78 is 0.950. The number of hydrogen-bond donors (Lipinski definition) is 1. The minimum atomic E-state index is -0.0699. The van der Waals surface area contributed by atoms with E-state index in [4.69, 9.17) is 0 Å². The summed E-state index contributed by atoms with van der Waals surface area (Å²) >= 11 is 4.00. The summed E-state index contributed by atoms with van der Waals surface area (Å²) in [5.41, 5.74) is 3.88. The van der Waals surface area contributed by atoms with Crippen molar-refractivity contribution in [2.24, 2.45) is 0 Å². The highest BCUT2D eigenvalue weighted by atomic mass is 127. The van der Waals surface area contributed by atoms with Crippen molar-refractivity contribution in [1.82, 2.24) is 0 Å². The largest absolute Gasteiger partial charge is 0.322 e. The van der Waals surface area contributed by atoms with Gasteiger partial charge in [-0.2, -0.15) is 0 Å². The summed E-state index contributed by atoms with van der Waals surface area (Å²) in [6.07, 6.45) is 0. The molecule has 126 valence electrons. The van der Waals surface area contributed by atoms with E-state index < -0.39 is 0 Å². The lowest BCUT2D eigenvalue weighted by atomic mass is 10.1. The first-order valence-electron chi connectivity index (χ1n) is 7.97. The fourth-order valence-corrected chi connectivity index (χ4v) is 3.97. The molecule has 0 radical (unpaired) electrons. The maximum absolute atomic E-state index is 12.5. The van der Waals surface area contributed by atoms with Gasteiger partial charge in [0.25, 0.3) is 5.91 Å². The van der Waals surface area contributed by atoms with Gasteiger partial charge in [-0.05, 0) is 71.0 Å². The van der Waals surface area contributed by atoms with Gasteiger partial charge in [0.1, 0.15) is 0 Å². The molecule has 0 aromatic heterocycles. The molecule has 3 aromatic carbocycles. The number of thioether (sulfide) groups is 1. The first kappa shape index (κ1) is 18.0. The molecule has 0 heterocycles. The quantitative estimate of drug-likeness (QED) is 0.367. The molecule has 0 saturated carbocycles. The van der Waals surface area contributed by atoms with Crippen LogP contribution in [0.3, 0.4) is 0 Å². The second-order valence-corrected chi connectivity index (χ2v) is 7.90. The van der Waals surface area contributed by atoms with Gasteiger partial charge in [-0.3, -0.25) is 4.79 Å². The molecule has 1 amide bonds. The number of amides is 1. The maximum Gasteiger partial charge on any atom is 0.256 e. The summed E-state index contributed by atoms with van der Waals surface area (Å²) in [5.74, 6) is 0.842. The highest BCUT2D eigenvalue weighted by molar-refractivity contribution is 14.1. The zero-order valence-electron chi connectivity index (χ0n) is 13.8. The minimum absolute atomic E-state index is 0.0699. The van der Waals surface area contributed by atoms with Crippen molar-refractivity contribution in [3.05, 3.63) is 93.1 Å². The highest BCUT2D eigenvalue weighted by Gasteiger charge is 2.11. The van der Waals surface area contributed by atoms with Crippen LogP contribution in [0.1, 0.15) is 21.5 Å². The van der Waals surface area contributed by atoms with Crippen molar-refractivity contribution < 1.29 is 4.79 Å². The summed E-state index contributed by atoms with van der Waals surface area (Å²) in [6.45, 7) is 2.03. The monoisotopic (exact) mass is 459 g/mol. The van der Waals surface area contributed by atoms with Crippen LogP contribution in [-0.4, -0.2) is 5.91 Å². The van der Waals surface area contributed by atoms with Gasteiger partial charge in [-0.1, -0.05) is 42.5 Å². The molecule has 0 fully saturated rings. The van der Waals surface area contributed by atoms with E-state index in [1.165, 1.54) is 10.5 Å². The topological polar surface area (TPSA) is 29.1 Å². The van der Waals surface area contributed by atoms with E-state index in [1.54, 1.807) is 0 Å². The van der Waals surface area contributed by atoms with E-state index >= 15 is 0 Å². The zero-order valence-corrected chi connectivity index (χ0v) is 16.8. The summed E-state index contributed by atoms with van der Waals surface area (Å²) in [4.78, 5) is 13.7. The fraction of sp³-hybridized carbons (Fsp3) is 0.0952. The predicted octanol–water partition coefficient (Wildman–Crippen LogP) is 6.14. The zero-order chi connectivity index (χ0) is 17.6. The van der Waals surface area contributed by atoms with Crippen LogP contribution < -0.4 is 5.32 Å². The van der Waals surface area contributed by atoms with E-state index in [0.29, 0.717) is 5.56 Å². The number of carbonyl (C=O) groups excluding carboxylic acids is 1. The number of nitrogens with one attached hydrogen (secondary N) is 1. The lowest BCUT2D eigenvalue weighted by Crippen LogP contribution is -2.14. The molecule has 0 atom stereocenters. The van der Waals surface area contributed by atoms with Gasteiger partial charge in [-0.15, -0.1) is 11.8 Å². The summed E-state index contributed by atoms with van der Waals surface area (Å²) in [5, 5.41) is 3.02. The normalized spacial score (nSPS) is 10.5. The minimum Gasteiger partial charge on any atom is -0.322 e. The summed E-state index contributed by atoms with van der Waals surface area (Å²) in [7, 11) is 0. The number of rotatable bonds is 5. The van der Waals surface area contributed by atoms with Crippen molar-refractivity contribution in [3.8, 4) is 0 Å². The SMILES string of the molecule is Cc1cc(CSc2ccccc2)ccc1NC(=O)c1ccccc1I. The average Bonchev–Trinajstić information content (AvgIpc) is 2.63. The maximum atomic E-state index is 12.5. The third-order valence-electron chi connectivity index (χ3n) is 3.81. The van der Waals surface area contributed by atoms with Crippen LogP contribution in [0.15, 0.2) is 77.7 Å². The number of carbonyl (C=O) groups is 1. The molecule has 4 heteroatoms. The molecule has 0 saturated heterocycles. The van der Waals surface area contributed by atoms with Gasteiger partial charge < -0.3 is 5.32 Å². The molecule has 3 aromatic rings. The van der Waals surface area contributed by atoms with Crippen LogP contribution in [0.2, 0.25) is 0 Å². The second kappa shape index (κ2) is 8.54. The van der Waals surface area contributed by atoms with E-state index in [9.17, 15) is 4.79 Å². The number of aryl methyl sites for hydroxylation is 1. The molecule has 25 heavy (non-hydrogen) atoms. The van der Waals surface area contributed by atoms with Crippen molar-refractivity contribution in [1.29, 1.82) is 0 Å². The molecule has 3 rings (SSSR count).